The van der Waals surface area contributed by atoms with Gasteiger partial charge in [0, 0.05) is 11.8 Å². The van der Waals surface area contributed by atoms with Crippen molar-refractivity contribution in [1.82, 2.24) is 9.55 Å². The average molecular weight is 345 g/mol. The van der Waals surface area contributed by atoms with Gasteiger partial charge in [-0.1, -0.05) is 23.7 Å². The van der Waals surface area contributed by atoms with Crippen LogP contribution in [0.2, 0.25) is 5.02 Å². The molecule has 0 fully saturated rings. The van der Waals surface area contributed by atoms with E-state index in [1.807, 2.05) is 31.2 Å². The Hall–Kier alpha value is -2.93. The number of para-hydroxylation sites is 2. The smallest absolute Gasteiger partial charge is 0.289 e. The maximum atomic E-state index is 12.3. The van der Waals surface area contributed by atoms with Gasteiger partial charge in [-0.25, -0.2) is 4.98 Å². The predicted octanol–water partition coefficient (Wildman–Crippen LogP) is 3.55. The molecule has 3 rings (SSSR count). The molecule has 3 aromatic rings. The molecule has 0 atom stereocenters. The molecule has 0 bridgehead atoms. The van der Waals surface area contributed by atoms with Gasteiger partial charge < -0.3 is 9.88 Å². The van der Waals surface area contributed by atoms with Crippen LogP contribution in [-0.2, 0) is 11.3 Å². The molecule has 7 nitrogen and oxygen atoms in total. The number of amides is 1. The number of hydrogen-bond donors (Lipinski definition) is 1. The van der Waals surface area contributed by atoms with Crippen molar-refractivity contribution in [3.8, 4) is 0 Å². The average Bonchev–Trinajstić information content (AvgIpc) is 2.85. The molecule has 0 aliphatic rings. The van der Waals surface area contributed by atoms with Gasteiger partial charge in [-0.2, -0.15) is 0 Å². The van der Waals surface area contributed by atoms with Crippen molar-refractivity contribution in [3.05, 3.63) is 63.4 Å². The second-order valence-corrected chi connectivity index (χ2v) is 5.61. The SMILES string of the molecule is Cc1nc2ccccc2n1CC(=O)Nc1ccc(Cl)c([N+](=O)[O-])c1. The lowest BCUT2D eigenvalue weighted by Gasteiger charge is -2.08. The number of carbonyl (C=O) groups excluding carboxylic acids is 1. The highest BCUT2D eigenvalue weighted by Crippen LogP contribution is 2.27. The van der Waals surface area contributed by atoms with E-state index in [9.17, 15) is 14.9 Å². The summed E-state index contributed by atoms with van der Waals surface area (Å²) >= 11 is 5.76. The Labute approximate surface area is 142 Å². The minimum absolute atomic E-state index is 0.0226. The Kier molecular flexibility index (Phi) is 4.18. The fraction of sp³-hybridized carbons (Fsp3) is 0.125. The third-order valence-corrected chi connectivity index (χ3v) is 3.89. The molecule has 0 radical (unpaired) electrons. The zero-order valence-corrected chi connectivity index (χ0v) is 13.4. The van der Waals surface area contributed by atoms with Crippen LogP contribution in [0.5, 0.6) is 0 Å². The van der Waals surface area contributed by atoms with E-state index in [2.05, 4.69) is 10.3 Å². The summed E-state index contributed by atoms with van der Waals surface area (Å²) in [7, 11) is 0. The molecule has 8 heteroatoms. The Morgan fingerprint density at radius 3 is 2.83 bits per heavy atom. The monoisotopic (exact) mass is 344 g/mol. The number of nitro benzene ring substituents is 1. The number of hydrogen-bond acceptors (Lipinski definition) is 4. The first-order valence-electron chi connectivity index (χ1n) is 7.11. The van der Waals surface area contributed by atoms with Crippen LogP contribution >= 0.6 is 11.6 Å². The van der Waals surface area contributed by atoms with Gasteiger partial charge in [0.1, 0.15) is 17.4 Å². The van der Waals surface area contributed by atoms with E-state index in [1.54, 1.807) is 4.57 Å². The highest BCUT2D eigenvalue weighted by Gasteiger charge is 2.15. The highest BCUT2D eigenvalue weighted by molar-refractivity contribution is 6.32. The lowest BCUT2D eigenvalue weighted by Crippen LogP contribution is -2.19. The number of imidazole rings is 1. The Bertz CT molecular complexity index is 952. The zero-order chi connectivity index (χ0) is 17.3. The minimum atomic E-state index is -0.592. The van der Waals surface area contributed by atoms with E-state index in [0.717, 1.165) is 11.0 Å². The number of aromatic nitrogens is 2. The standard InChI is InChI=1S/C16H13ClN4O3/c1-10-18-13-4-2-3-5-14(13)20(10)9-16(22)19-11-6-7-12(17)15(8-11)21(23)24/h2-8H,9H2,1H3,(H,19,22). The number of halogens is 1. The molecular weight excluding hydrogens is 332 g/mol. The summed E-state index contributed by atoms with van der Waals surface area (Å²) in [6.45, 7) is 1.88. The number of carbonyl (C=O) groups is 1. The summed E-state index contributed by atoms with van der Waals surface area (Å²) in [6, 6.07) is 11.7. The van der Waals surface area contributed by atoms with Gasteiger partial charge in [0.15, 0.2) is 0 Å². The third kappa shape index (κ3) is 3.07. The quantitative estimate of drug-likeness (QED) is 0.579. The second-order valence-electron chi connectivity index (χ2n) is 5.21. The number of benzene rings is 2. The van der Waals surface area contributed by atoms with E-state index in [-0.39, 0.29) is 23.2 Å². The summed E-state index contributed by atoms with van der Waals surface area (Å²) in [6.07, 6.45) is 0. The summed E-state index contributed by atoms with van der Waals surface area (Å²) in [5.74, 6) is 0.409. The first-order valence-corrected chi connectivity index (χ1v) is 7.49. The number of nitrogens with one attached hydrogen (secondary N) is 1. The normalized spacial score (nSPS) is 10.8. The van der Waals surface area contributed by atoms with Crippen LogP contribution in [0.25, 0.3) is 11.0 Å². The van der Waals surface area contributed by atoms with Crippen molar-refractivity contribution < 1.29 is 9.72 Å². The second kappa shape index (κ2) is 6.29. The lowest BCUT2D eigenvalue weighted by molar-refractivity contribution is -0.384. The first kappa shape index (κ1) is 15.9. The van der Waals surface area contributed by atoms with Crippen LogP contribution < -0.4 is 5.32 Å². The third-order valence-electron chi connectivity index (χ3n) is 3.57. The molecule has 1 aromatic heterocycles. The van der Waals surface area contributed by atoms with E-state index in [0.29, 0.717) is 11.5 Å². The summed E-state index contributed by atoms with van der Waals surface area (Å²) < 4.78 is 1.79. The number of anilines is 1. The maximum Gasteiger partial charge on any atom is 0.289 e. The largest absolute Gasteiger partial charge is 0.324 e. The molecule has 1 N–H and O–H groups in total. The molecule has 0 spiro atoms. The fourth-order valence-corrected chi connectivity index (χ4v) is 2.66. The molecule has 1 amide bonds. The van der Waals surface area contributed by atoms with Crippen molar-refractivity contribution in [2.24, 2.45) is 0 Å². The van der Waals surface area contributed by atoms with Gasteiger partial charge in [-0.15, -0.1) is 0 Å². The molecule has 122 valence electrons. The number of fused-ring (bicyclic) bond motifs is 1. The number of nitro groups is 1. The van der Waals surface area contributed by atoms with Crippen LogP contribution in [0.15, 0.2) is 42.5 Å². The van der Waals surface area contributed by atoms with Crippen molar-refractivity contribution in [3.63, 3.8) is 0 Å². The van der Waals surface area contributed by atoms with E-state index >= 15 is 0 Å². The van der Waals surface area contributed by atoms with Gasteiger partial charge in [-0.3, -0.25) is 14.9 Å². The Morgan fingerprint density at radius 1 is 1.33 bits per heavy atom. The molecule has 24 heavy (non-hydrogen) atoms. The highest BCUT2D eigenvalue weighted by atomic mass is 35.5. The molecule has 0 aliphatic heterocycles. The number of aryl methyl sites for hydroxylation is 1. The van der Waals surface area contributed by atoms with Crippen molar-refractivity contribution in [2.75, 3.05) is 5.32 Å². The Morgan fingerprint density at radius 2 is 2.08 bits per heavy atom. The lowest BCUT2D eigenvalue weighted by atomic mass is 10.2. The molecular formula is C16H13ClN4O3. The summed E-state index contributed by atoms with van der Waals surface area (Å²) in [5.41, 5.74) is 1.73. The van der Waals surface area contributed by atoms with E-state index in [4.69, 9.17) is 11.6 Å². The van der Waals surface area contributed by atoms with Gasteiger partial charge in [0.05, 0.1) is 16.0 Å². The zero-order valence-electron chi connectivity index (χ0n) is 12.7. The van der Waals surface area contributed by atoms with Crippen LogP contribution in [0, 0.1) is 17.0 Å². The first-order chi connectivity index (χ1) is 11.5. The predicted molar refractivity (Wildman–Crippen MR) is 91.2 cm³/mol. The van der Waals surface area contributed by atoms with Gasteiger partial charge in [-0.05, 0) is 31.2 Å². The van der Waals surface area contributed by atoms with E-state index < -0.39 is 4.92 Å². The maximum absolute atomic E-state index is 12.3. The molecule has 1 heterocycles. The van der Waals surface area contributed by atoms with Crippen molar-refractivity contribution in [2.45, 2.75) is 13.5 Å². The molecule has 2 aromatic carbocycles. The summed E-state index contributed by atoms with van der Waals surface area (Å²) in [5, 5.41) is 13.6. The van der Waals surface area contributed by atoms with Gasteiger partial charge in [0.2, 0.25) is 5.91 Å². The molecule has 0 saturated heterocycles. The van der Waals surface area contributed by atoms with Crippen LogP contribution in [0.3, 0.4) is 0 Å². The molecule has 0 saturated carbocycles. The van der Waals surface area contributed by atoms with Gasteiger partial charge >= 0.3 is 0 Å². The van der Waals surface area contributed by atoms with Gasteiger partial charge in [0.25, 0.3) is 5.69 Å². The topological polar surface area (TPSA) is 90.1 Å². The fourth-order valence-electron chi connectivity index (χ4n) is 2.47. The Balaban J connectivity index is 1.82. The van der Waals surface area contributed by atoms with E-state index in [1.165, 1.54) is 18.2 Å². The van der Waals surface area contributed by atoms with Crippen LogP contribution in [0.1, 0.15) is 5.82 Å². The molecule has 0 unspecified atom stereocenters. The number of rotatable bonds is 4. The van der Waals surface area contributed by atoms with Crippen LogP contribution in [0.4, 0.5) is 11.4 Å². The van der Waals surface area contributed by atoms with Crippen molar-refractivity contribution >= 4 is 39.9 Å². The molecule has 0 aliphatic carbocycles. The number of nitrogens with zero attached hydrogens (tertiary/aromatic N) is 3. The van der Waals surface area contributed by atoms with Crippen molar-refractivity contribution in [1.29, 1.82) is 0 Å². The van der Waals surface area contributed by atoms with Crippen LogP contribution in [-0.4, -0.2) is 20.4 Å². The summed E-state index contributed by atoms with van der Waals surface area (Å²) in [4.78, 5) is 27.0. The minimum Gasteiger partial charge on any atom is -0.324 e.